The van der Waals surface area contributed by atoms with Crippen molar-refractivity contribution in [3.8, 4) is 11.5 Å². The number of methoxy groups -OCH3 is 1. The lowest BCUT2D eigenvalue weighted by molar-refractivity contribution is 0.373. The van der Waals surface area contributed by atoms with Gasteiger partial charge in [0.05, 0.1) is 7.11 Å². The van der Waals surface area contributed by atoms with Gasteiger partial charge in [0, 0.05) is 11.7 Å². The van der Waals surface area contributed by atoms with Gasteiger partial charge in [0.15, 0.2) is 11.5 Å². The Morgan fingerprint density at radius 3 is 2.71 bits per heavy atom. The second-order valence-electron chi connectivity index (χ2n) is 5.63. The second kappa shape index (κ2) is 5.68. The average Bonchev–Trinajstić information content (AvgIpc) is 2.95. The van der Waals surface area contributed by atoms with E-state index in [1.807, 2.05) is 12.1 Å². The maximum absolute atomic E-state index is 9.67. The summed E-state index contributed by atoms with van der Waals surface area (Å²) in [5.41, 5.74) is 5.19. The number of ether oxygens (including phenoxy) is 1. The molecule has 1 aliphatic rings. The second-order valence-corrected chi connectivity index (χ2v) is 5.63. The zero-order valence-electron chi connectivity index (χ0n) is 12.5. The van der Waals surface area contributed by atoms with E-state index in [-0.39, 0.29) is 11.8 Å². The first-order chi connectivity index (χ1) is 10.2. The van der Waals surface area contributed by atoms with Crippen LogP contribution in [0.25, 0.3) is 0 Å². The summed E-state index contributed by atoms with van der Waals surface area (Å²) >= 11 is 0. The maximum atomic E-state index is 9.67. The van der Waals surface area contributed by atoms with Gasteiger partial charge in [-0.3, -0.25) is 0 Å². The highest BCUT2D eigenvalue weighted by Crippen LogP contribution is 2.31. The lowest BCUT2D eigenvalue weighted by Crippen LogP contribution is -2.07. The van der Waals surface area contributed by atoms with E-state index in [4.69, 9.17) is 4.74 Å². The van der Waals surface area contributed by atoms with E-state index in [9.17, 15) is 5.11 Å². The van der Waals surface area contributed by atoms with Crippen molar-refractivity contribution in [1.29, 1.82) is 0 Å². The fourth-order valence-corrected chi connectivity index (χ4v) is 2.96. The van der Waals surface area contributed by atoms with Crippen LogP contribution in [-0.4, -0.2) is 12.2 Å². The number of aromatic hydroxyl groups is 1. The summed E-state index contributed by atoms with van der Waals surface area (Å²) in [6.07, 6.45) is 3.66. The van der Waals surface area contributed by atoms with Crippen molar-refractivity contribution >= 4 is 5.69 Å². The predicted octanol–water partition coefficient (Wildman–Crippen LogP) is 4.06. The minimum atomic E-state index is 0.152. The van der Waals surface area contributed by atoms with Crippen LogP contribution in [0.1, 0.15) is 36.1 Å². The van der Waals surface area contributed by atoms with E-state index in [0.29, 0.717) is 5.75 Å². The molecule has 0 spiro atoms. The number of aryl methyl sites for hydroxylation is 2. The van der Waals surface area contributed by atoms with Crippen LogP contribution in [0.5, 0.6) is 11.5 Å². The molecule has 1 unspecified atom stereocenters. The SMILES string of the molecule is COc1cc(C(C)Nc2ccc3c(c2)CCC3)ccc1O. The highest BCUT2D eigenvalue weighted by Gasteiger charge is 2.13. The number of nitrogens with one attached hydrogen (secondary N) is 1. The van der Waals surface area contributed by atoms with Crippen molar-refractivity contribution in [2.24, 2.45) is 0 Å². The molecule has 0 amide bonds. The third-order valence-corrected chi connectivity index (χ3v) is 4.19. The van der Waals surface area contributed by atoms with E-state index >= 15 is 0 Å². The first-order valence-corrected chi connectivity index (χ1v) is 7.42. The van der Waals surface area contributed by atoms with Crippen LogP contribution < -0.4 is 10.1 Å². The number of hydrogen-bond donors (Lipinski definition) is 2. The molecule has 0 fully saturated rings. The molecule has 0 bridgehead atoms. The predicted molar refractivity (Wildman–Crippen MR) is 85.2 cm³/mol. The van der Waals surface area contributed by atoms with Crippen molar-refractivity contribution in [1.82, 2.24) is 0 Å². The molecule has 0 saturated heterocycles. The molecule has 0 heterocycles. The summed E-state index contributed by atoms with van der Waals surface area (Å²) in [7, 11) is 1.57. The number of rotatable bonds is 4. The molecule has 3 rings (SSSR count). The van der Waals surface area contributed by atoms with E-state index < -0.39 is 0 Å². The van der Waals surface area contributed by atoms with E-state index in [0.717, 1.165) is 11.3 Å². The Kier molecular flexibility index (Phi) is 3.74. The van der Waals surface area contributed by atoms with Gasteiger partial charge in [0.2, 0.25) is 0 Å². The van der Waals surface area contributed by atoms with Gasteiger partial charge in [-0.15, -0.1) is 0 Å². The van der Waals surface area contributed by atoms with Crippen LogP contribution in [0.2, 0.25) is 0 Å². The molecular weight excluding hydrogens is 262 g/mol. The van der Waals surface area contributed by atoms with Crippen molar-refractivity contribution in [3.63, 3.8) is 0 Å². The Hall–Kier alpha value is -2.16. The topological polar surface area (TPSA) is 41.5 Å². The highest BCUT2D eigenvalue weighted by molar-refractivity contribution is 5.52. The van der Waals surface area contributed by atoms with Crippen LogP contribution in [0.3, 0.4) is 0 Å². The molecule has 1 aliphatic carbocycles. The van der Waals surface area contributed by atoms with Crippen LogP contribution in [-0.2, 0) is 12.8 Å². The highest BCUT2D eigenvalue weighted by atomic mass is 16.5. The van der Waals surface area contributed by atoms with Crippen LogP contribution >= 0.6 is 0 Å². The van der Waals surface area contributed by atoms with Gasteiger partial charge in [0.1, 0.15) is 0 Å². The molecule has 0 aliphatic heterocycles. The summed E-state index contributed by atoms with van der Waals surface area (Å²) in [6.45, 7) is 2.11. The molecule has 0 saturated carbocycles. The Morgan fingerprint density at radius 2 is 1.90 bits per heavy atom. The van der Waals surface area contributed by atoms with E-state index in [2.05, 4.69) is 30.4 Å². The molecule has 0 aromatic heterocycles. The Labute approximate surface area is 125 Å². The molecule has 3 nitrogen and oxygen atoms in total. The van der Waals surface area contributed by atoms with Gasteiger partial charge in [0.25, 0.3) is 0 Å². The smallest absolute Gasteiger partial charge is 0.160 e. The zero-order valence-corrected chi connectivity index (χ0v) is 12.5. The van der Waals surface area contributed by atoms with Gasteiger partial charge in [-0.25, -0.2) is 0 Å². The van der Waals surface area contributed by atoms with Gasteiger partial charge >= 0.3 is 0 Å². The Balaban J connectivity index is 1.78. The summed E-state index contributed by atoms with van der Waals surface area (Å²) in [5, 5.41) is 13.2. The van der Waals surface area contributed by atoms with Crippen molar-refractivity contribution < 1.29 is 9.84 Å². The lowest BCUT2D eigenvalue weighted by Gasteiger charge is -2.17. The number of hydrogen-bond acceptors (Lipinski definition) is 3. The number of fused-ring (bicyclic) bond motifs is 1. The number of phenolic OH excluding ortho intramolecular Hbond substituents is 1. The molecule has 110 valence electrons. The number of anilines is 1. The van der Waals surface area contributed by atoms with Gasteiger partial charge < -0.3 is 15.2 Å². The third kappa shape index (κ3) is 2.82. The van der Waals surface area contributed by atoms with Crippen molar-refractivity contribution in [2.45, 2.75) is 32.2 Å². The quantitative estimate of drug-likeness (QED) is 0.889. The van der Waals surface area contributed by atoms with Crippen LogP contribution in [0.4, 0.5) is 5.69 Å². The number of benzene rings is 2. The standard InChI is InChI=1S/C18H21NO2/c1-12(14-7-9-17(20)18(11-14)21-2)19-16-8-6-13-4-3-5-15(13)10-16/h6-12,19-20H,3-5H2,1-2H3. The van der Waals surface area contributed by atoms with Gasteiger partial charge in [-0.1, -0.05) is 12.1 Å². The lowest BCUT2D eigenvalue weighted by atomic mass is 10.1. The molecule has 21 heavy (non-hydrogen) atoms. The first kappa shape index (κ1) is 13.8. The third-order valence-electron chi connectivity index (χ3n) is 4.19. The molecular formula is C18H21NO2. The summed E-state index contributed by atoms with van der Waals surface area (Å²) in [4.78, 5) is 0. The largest absolute Gasteiger partial charge is 0.504 e. The maximum Gasteiger partial charge on any atom is 0.160 e. The summed E-state index contributed by atoms with van der Waals surface area (Å²) in [6, 6.07) is 12.3. The van der Waals surface area contributed by atoms with Gasteiger partial charge in [-0.2, -0.15) is 0 Å². The van der Waals surface area contributed by atoms with Crippen LogP contribution in [0.15, 0.2) is 36.4 Å². The summed E-state index contributed by atoms with van der Waals surface area (Å²) < 4.78 is 5.17. The van der Waals surface area contributed by atoms with Gasteiger partial charge in [-0.05, 0) is 67.1 Å². The fourth-order valence-electron chi connectivity index (χ4n) is 2.96. The number of phenols is 1. The molecule has 1 atom stereocenters. The minimum absolute atomic E-state index is 0.152. The monoisotopic (exact) mass is 283 g/mol. The Morgan fingerprint density at radius 1 is 1.10 bits per heavy atom. The van der Waals surface area contributed by atoms with Crippen LogP contribution in [0, 0.1) is 0 Å². The fraction of sp³-hybridized carbons (Fsp3) is 0.333. The van der Waals surface area contributed by atoms with E-state index in [1.165, 1.54) is 30.4 Å². The normalized spacial score (nSPS) is 14.6. The Bertz CT molecular complexity index is 652. The van der Waals surface area contributed by atoms with Crippen molar-refractivity contribution in [3.05, 3.63) is 53.1 Å². The van der Waals surface area contributed by atoms with Crippen molar-refractivity contribution in [2.75, 3.05) is 12.4 Å². The summed E-state index contributed by atoms with van der Waals surface area (Å²) in [5.74, 6) is 0.682. The minimum Gasteiger partial charge on any atom is -0.504 e. The van der Waals surface area contributed by atoms with E-state index in [1.54, 1.807) is 13.2 Å². The molecule has 2 aromatic carbocycles. The zero-order chi connectivity index (χ0) is 14.8. The molecule has 2 aromatic rings. The molecule has 0 radical (unpaired) electrons. The molecule has 2 N–H and O–H groups in total. The first-order valence-electron chi connectivity index (χ1n) is 7.42. The average molecular weight is 283 g/mol. The molecule has 3 heteroatoms.